The Bertz CT molecular complexity index is 584. The fourth-order valence-electron chi connectivity index (χ4n) is 1.72. The number of benzene rings is 1. The quantitative estimate of drug-likeness (QED) is 0.564. The number of aromatic nitrogens is 1. The molecule has 0 saturated carbocycles. The maximum absolute atomic E-state index is 12.1. The minimum Gasteiger partial charge on any atom is -0.481 e. The average Bonchev–Trinajstić information content (AvgIpc) is 2.53. The molecule has 0 unspecified atom stereocenters. The second-order valence-electron chi connectivity index (χ2n) is 4.08. The minimum atomic E-state index is -0.200. The molecule has 0 spiro atoms. The Morgan fingerprint density at radius 3 is 2.75 bits per heavy atom. The van der Waals surface area contributed by atoms with Crippen LogP contribution in [-0.4, -0.2) is 18.0 Å². The number of anilines is 1. The van der Waals surface area contributed by atoms with E-state index in [1.807, 2.05) is 6.07 Å². The number of nitrogen functional groups attached to an aromatic ring is 1. The summed E-state index contributed by atoms with van der Waals surface area (Å²) in [6.45, 7) is 0.384. The number of carbonyl (C=O) groups is 1. The summed E-state index contributed by atoms with van der Waals surface area (Å²) in [7, 11) is 1.56. The number of rotatable bonds is 5. The van der Waals surface area contributed by atoms with Crippen molar-refractivity contribution in [2.45, 2.75) is 6.54 Å². The fraction of sp³-hybridized carbons (Fsp3) is 0.143. The summed E-state index contributed by atoms with van der Waals surface area (Å²) in [5, 5.41) is 2.81. The van der Waals surface area contributed by atoms with E-state index in [4.69, 9.17) is 10.6 Å². The molecule has 0 saturated heterocycles. The van der Waals surface area contributed by atoms with Gasteiger partial charge in [0, 0.05) is 18.8 Å². The third-order valence-electron chi connectivity index (χ3n) is 2.79. The van der Waals surface area contributed by atoms with Crippen molar-refractivity contribution in [2.75, 3.05) is 12.5 Å². The number of pyridine rings is 1. The normalized spacial score (nSPS) is 9.90. The monoisotopic (exact) mass is 272 g/mol. The van der Waals surface area contributed by atoms with Crippen LogP contribution in [0.5, 0.6) is 5.88 Å². The molecule has 2 rings (SSSR count). The van der Waals surface area contributed by atoms with E-state index in [0.29, 0.717) is 23.7 Å². The molecule has 1 aromatic carbocycles. The van der Waals surface area contributed by atoms with Gasteiger partial charge in [0.2, 0.25) is 5.88 Å². The Morgan fingerprint density at radius 1 is 1.30 bits per heavy atom. The van der Waals surface area contributed by atoms with Gasteiger partial charge in [-0.3, -0.25) is 10.6 Å². The van der Waals surface area contributed by atoms with Crippen LogP contribution in [0, 0.1) is 0 Å². The Balaban J connectivity index is 2.01. The number of nitrogens with two attached hydrogens (primary N) is 1. The van der Waals surface area contributed by atoms with E-state index in [-0.39, 0.29) is 5.91 Å². The van der Waals surface area contributed by atoms with Crippen molar-refractivity contribution in [1.82, 2.24) is 10.3 Å². The Kier molecular flexibility index (Phi) is 4.52. The van der Waals surface area contributed by atoms with Crippen molar-refractivity contribution in [1.29, 1.82) is 0 Å². The van der Waals surface area contributed by atoms with Crippen LogP contribution >= 0.6 is 0 Å². The molecule has 6 heteroatoms. The van der Waals surface area contributed by atoms with Crippen molar-refractivity contribution < 1.29 is 9.53 Å². The van der Waals surface area contributed by atoms with Crippen LogP contribution in [0.15, 0.2) is 42.6 Å². The molecule has 0 fully saturated rings. The van der Waals surface area contributed by atoms with Gasteiger partial charge in [0.05, 0.1) is 18.4 Å². The zero-order valence-corrected chi connectivity index (χ0v) is 11.1. The fourth-order valence-corrected chi connectivity index (χ4v) is 1.72. The van der Waals surface area contributed by atoms with Crippen molar-refractivity contribution in [3.05, 3.63) is 53.7 Å². The molecule has 0 aliphatic carbocycles. The molecule has 0 atom stereocenters. The Hall–Kier alpha value is -2.60. The molecule has 20 heavy (non-hydrogen) atoms. The zero-order chi connectivity index (χ0) is 14.4. The van der Waals surface area contributed by atoms with E-state index in [9.17, 15) is 4.79 Å². The molecule has 2 aromatic rings. The van der Waals surface area contributed by atoms with Gasteiger partial charge in [0.25, 0.3) is 5.91 Å². The van der Waals surface area contributed by atoms with Gasteiger partial charge in [0.15, 0.2) is 0 Å². The highest BCUT2D eigenvalue weighted by atomic mass is 16.5. The van der Waals surface area contributed by atoms with Gasteiger partial charge < -0.3 is 15.5 Å². The van der Waals surface area contributed by atoms with Gasteiger partial charge in [-0.25, -0.2) is 4.98 Å². The number of ether oxygens (including phenoxy) is 1. The molecule has 0 aliphatic heterocycles. The van der Waals surface area contributed by atoms with Crippen LogP contribution in [0.3, 0.4) is 0 Å². The summed E-state index contributed by atoms with van der Waals surface area (Å²) in [5.41, 5.74) is 4.46. The van der Waals surface area contributed by atoms with Crippen LogP contribution in [0.25, 0.3) is 0 Å². The van der Waals surface area contributed by atoms with Gasteiger partial charge >= 0.3 is 0 Å². The standard InChI is InChI=1S/C14H16N4O2/c1-20-13-7-6-10(8-16-13)9-17-14(19)11-4-2-3-5-12(11)18-15/h2-8,18H,9,15H2,1H3,(H,17,19). The van der Waals surface area contributed by atoms with Gasteiger partial charge in [-0.1, -0.05) is 18.2 Å². The molecule has 0 bridgehead atoms. The van der Waals surface area contributed by atoms with Crippen molar-refractivity contribution in [3.8, 4) is 5.88 Å². The maximum atomic E-state index is 12.1. The van der Waals surface area contributed by atoms with E-state index < -0.39 is 0 Å². The van der Waals surface area contributed by atoms with E-state index >= 15 is 0 Å². The third-order valence-corrected chi connectivity index (χ3v) is 2.79. The van der Waals surface area contributed by atoms with Gasteiger partial charge in [-0.15, -0.1) is 0 Å². The SMILES string of the molecule is COc1ccc(CNC(=O)c2ccccc2NN)cn1. The molecular weight excluding hydrogens is 256 g/mol. The lowest BCUT2D eigenvalue weighted by molar-refractivity contribution is 0.0951. The highest BCUT2D eigenvalue weighted by molar-refractivity contribution is 5.99. The first-order valence-electron chi connectivity index (χ1n) is 6.07. The Morgan fingerprint density at radius 2 is 2.10 bits per heavy atom. The Labute approximate surface area is 116 Å². The second kappa shape index (κ2) is 6.53. The first-order chi connectivity index (χ1) is 9.74. The lowest BCUT2D eigenvalue weighted by Gasteiger charge is -2.09. The van der Waals surface area contributed by atoms with E-state index in [1.165, 1.54) is 0 Å². The lowest BCUT2D eigenvalue weighted by Crippen LogP contribution is -2.24. The molecule has 0 radical (unpaired) electrons. The number of nitrogens with one attached hydrogen (secondary N) is 2. The molecule has 104 valence electrons. The molecular formula is C14H16N4O2. The van der Waals surface area contributed by atoms with Gasteiger partial charge in [-0.2, -0.15) is 0 Å². The van der Waals surface area contributed by atoms with Crippen LogP contribution in [-0.2, 0) is 6.54 Å². The topological polar surface area (TPSA) is 89.3 Å². The first-order valence-corrected chi connectivity index (χ1v) is 6.07. The number of carbonyl (C=O) groups excluding carboxylic acids is 1. The predicted octanol–water partition coefficient (Wildman–Crippen LogP) is 1.31. The van der Waals surface area contributed by atoms with E-state index in [1.54, 1.807) is 43.6 Å². The highest BCUT2D eigenvalue weighted by Crippen LogP contribution is 2.13. The zero-order valence-electron chi connectivity index (χ0n) is 11.1. The lowest BCUT2D eigenvalue weighted by atomic mass is 10.1. The number of nitrogens with zero attached hydrogens (tertiary/aromatic N) is 1. The molecule has 0 aliphatic rings. The number of methoxy groups -OCH3 is 1. The molecule has 6 nitrogen and oxygen atoms in total. The van der Waals surface area contributed by atoms with Crippen LogP contribution in [0.2, 0.25) is 0 Å². The molecule has 1 heterocycles. The van der Waals surface area contributed by atoms with E-state index in [2.05, 4.69) is 15.7 Å². The first kappa shape index (κ1) is 13.8. The summed E-state index contributed by atoms with van der Waals surface area (Å²) in [6.07, 6.45) is 1.66. The van der Waals surface area contributed by atoms with Gasteiger partial charge in [-0.05, 0) is 17.7 Å². The van der Waals surface area contributed by atoms with Gasteiger partial charge in [0.1, 0.15) is 0 Å². The highest BCUT2D eigenvalue weighted by Gasteiger charge is 2.09. The second-order valence-corrected chi connectivity index (χ2v) is 4.08. The predicted molar refractivity (Wildman–Crippen MR) is 76.2 cm³/mol. The number of para-hydroxylation sites is 1. The molecule has 1 aromatic heterocycles. The van der Waals surface area contributed by atoms with Crippen molar-refractivity contribution in [3.63, 3.8) is 0 Å². The van der Waals surface area contributed by atoms with Crippen LogP contribution in [0.4, 0.5) is 5.69 Å². The summed E-state index contributed by atoms with van der Waals surface area (Å²) < 4.78 is 4.97. The van der Waals surface area contributed by atoms with Crippen molar-refractivity contribution in [2.24, 2.45) is 5.84 Å². The van der Waals surface area contributed by atoms with E-state index in [0.717, 1.165) is 5.56 Å². The summed E-state index contributed by atoms with van der Waals surface area (Å²) in [5.74, 6) is 5.71. The number of amides is 1. The van der Waals surface area contributed by atoms with Crippen LogP contribution in [0.1, 0.15) is 15.9 Å². The number of hydrazine groups is 1. The molecule has 4 N–H and O–H groups in total. The summed E-state index contributed by atoms with van der Waals surface area (Å²) >= 11 is 0. The average molecular weight is 272 g/mol. The largest absolute Gasteiger partial charge is 0.481 e. The minimum absolute atomic E-state index is 0.200. The molecule has 1 amide bonds. The van der Waals surface area contributed by atoms with Crippen LogP contribution < -0.4 is 21.3 Å². The summed E-state index contributed by atoms with van der Waals surface area (Å²) in [6, 6.07) is 10.6. The summed E-state index contributed by atoms with van der Waals surface area (Å²) in [4.78, 5) is 16.1. The van der Waals surface area contributed by atoms with Crippen molar-refractivity contribution >= 4 is 11.6 Å². The number of hydrogen-bond acceptors (Lipinski definition) is 5. The smallest absolute Gasteiger partial charge is 0.253 e. The number of hydrogen-bond donors (Lipinski definition) is 3. The third kappa shape index (κ3) is 3.24. The maximum Gasteiger partial charge on any atom is 0.253 e.